The van der Waals surface area contributed by atoms with E-state index >= 15 is 0 Å². The Bertz CT molecular complexity index is 633. The van der Waals surface area contributed by atoms with Crippen molar-refractivity contribution in [3.63, 3.8) is 0 Å². The van der Waals surface area contributed by atoms with E-state index in [-0.39, 0.29) is 5.91 Å². The number of halogens is 3. The van der Waals surface area contributed by atoms with Gasteiger partial charge in [-0.05, 0) is 44.0 Å². The molecular weight excluding hydrogens is 456 g/mol. The van der Waals surface area contributed by atoms with Gasteiger partial charge in [-0.15, -0.1) is 0 Å². The first kappa shape index (κ1) is 15.7. The van der Waals surface area contributed by atoms with Gasteiger partial charge in [-0.3, -0.25) is 9.48 Å². The Morgan fingerprint density at radius 1 is 1.35 bits per heavy atom. The first-order valence-corrected chi connectivity index (χ1v) is 7.96. The standard InChI is InChI=1S/C12H11Br3N4O/c1-19-5-6(4-17-19)10(16)12(20)18-11-8(14)2-7(13)3-9(11)15/h2-5,10H,16H2,1H3,(H,18,20). The molecule has 0 bridgehead atoms. The minimum absolute atomic E-state index is 0.304. The summed E-state index contributed by atoms with van der Waals surface area (Å²) in [5.74, 6) is -0.304. The number of hydrogen-bond donors (Lipinski definition) is 2. The van der Waals surface area contributed by atoms with Crippen LogP contribution in [0.4, 0.5) is 5.69 Å². The number of nitrogens with zero attached hydrogens (tertiary/aromatic N) is 2. The zero-order valence-corrected chi connectivity index (χ0v) is 15.2. The molecule has 0 spiro atoms. The Labute approximate surface area is 141 Å². The monoisotopic (exact) mass is 464 g/mol. The highest BCUT2D eigenvalue weighted by Gasteiger charge is 2.19. The van der Waals surface area contributed by atoms with E-state index in [4.69, 9.17) is 5.73 Å². The van der Waals surface area contributed by atoms with Crippen LogP contribution in [-0.2, 0) is 11.8 Å². The normalized spacial score (nSPS) is 12.2. The van der Waals surface area contributed by atoms with Crippen molar-refractivity contribution in [3.8, 4) is 0 Å². The summed E-state index contributed by atoms with van der Waals surface area (Å²) in [5.41, 5.74) is 7.22. The lowest BCUT2D eigenvalue weighted by Crippen LogP contribution is -2.27. The van der Waals surface area contributed by atoms with Crippen LogP contribution in [0.25, 0.3) is 0 Å². The summed E-state index contributed by atoms with van der Waals surface area (Å²) in [7, 11) is 1.77. The lowest BCUT2D eigenvalue weighted by atomic mass is 10.1. The predicted octanol–water partition coefficient (Wildman–Crippen LogP) is 3.35. The summed E-state index contributed by atoms with van der Waals surface area (Å²) in [6.07, 6.45) is 3.30. The van der Waals surface area contributed by atoms with Crippen LogP contribution < -0.4 is 11.1 Å². The van der Waals surface area contributed by atoms with Gasteiger partial charge in [0.05, 0.1) is 11.9 Å². The van der Waals surface area contributed by atoms with Gasteiger partial charge in [0.15, 0.2) is 0 Å². The fourth-order valence-corrected chi connectivity index (χ4v) is 4.07. The van der Waals surface area contributed by atoms with Crippen molar-refractivity contribution >= 4 is 59.4 Å². The van der Waals surface area contributed by atoms with Crippen LogP contribution in [0.1, 0.15) is 11.6 Å². The number of anilines is 1. The van der Waals surface area contributed by atoms with Gasteiger partial charge in [0.1, 0.15) is 6.04 Å². The van der Waals surface area contributed by atoms with Crippen molar-refractivity contribution in [2.75, 3.05) is 5.32 Å². The lowest BCUT2D eigenvalue weighted by molar-refractivity contribution is -0.117. The number of rotatable bonds is 3. The minimum Gasteiger partial charge on any atom is -0.322 e. The maximum Gasteiger partial charge on any atom is 0.246 e. The molecule has 106 valence electrons. The Hall–Kier alpha value is -0.700. The van der Waals surface area contributed by atoms with E-state index < -0.39 is 6.04 Å². The van der Waals surface area contributed by atoms with E-state index in [0.29, 0.717) is 11.3 Å². The zero-order chi connectivity index (χ0) is 14.9. The SMILES string of the molecule is Cn1cc(C(N)C(=O)Nc2c(Br)cc(Br)cc2Br)cn1. The van der Waals surface area contributed by atoms with Gasteiger partial charge in [-0.25, -0.2) is 0 Å². The second-order valence-corrected chi connectivity index (χ2v) is 6.78. The van der Waals surface area contributed by atoms with Gasteiger partial charge >= 0.3 is 0 Å². The Balaban J connectivity index is 2.20. The van der Waals surface area contributed by atoms with Crippen LogP contribution in [0.2, 0.25) is 0 Å². The van der Waals surface area contributed by atoms with Gasteiger partial charge in [0, 0.05) is 32.2 Å². The predicted molar refractivity (Wildman–Crippen MR) is 88.3 cm³/mol. The van der Waals surface area contributed by atoms with Crippen LogP contribution in [0.3, 0.4) is 0 Å². The highest BCUT2D eigenvalue weighted by molar-refractivity contribution is 9.11. The lowest BCUT2D eigenvalue weighted by Gasteiger charge is -2.13. The average molecular weight is 467 g/mol. The molecule has 0 saturated heterocycles. The molecule has 0 aliphatic heterocycles. The number of carbonyl (C=O) groups is 1. The van der Waals surface area contributed by atoms with Crippen molar-refractivity contribution in [2.24, 2.45) is 12.8 Å². The topological polar surface area (TPSA) is 72.9 Å². The third-order valence-electron chi connectivity index (χ3n) is 2.62. The quantitative estimate of drug-likeness (QED) is 0.728. The maximum atomic E-state index is 12.2. The van der Waals surface area contributed by atoms with Gasteiger partial charge in [0.25, 0.3) is 0 Å². The number of nitrogens with one attached hydrogen (secondary N) is 1. The summed E-state index contributed by atoms with van der Waals surface area (Å²) >= 11 is 10.2. The number of carbonyl (C=O) groups excluding carboxylic acids is 1. The molecule has 2 aromatic rings. The number of nitrogens with two attached hydrogens (primary N) is 1. The van der Waals surface area contributed by atoms with Crippen LogP contribution in [0.15, 0.2) is 37.9 Å². The molecule has 3 N–H and O–H groups in total. The van der Waals surface area contributed by atoms with E-state index in [1.54, 1.807) is 24.1 Å². The molecule has 20 heavy (non-hydrogen) atoms. The fourth-order valence-electron chi connectivity index (χ4n) is 1.61. The van der Waals surface area contributed by atoms with Crippen molar-refractivity contribution in [3.05, 3.63) is 43.5 Å². The fraction of sp³-hybridized carbons (Fsp3) is 0.167. The Morgan fingerprint density at radius 3 is 2.45 bits per heavy atom. The van der Waals surface area contributed by atoms with E-state index in [1.165, 1.54) is 0 Å². The van der Waals surface area contributed by atoms with Crippen LogP contribution in [0.5, 0.6) is 0 Å². The summed E-state index contributed by atoms with van der Waals surface area (Å²) in [6, 6.07) is 2.91. The third-order valence-corrected chi connectivity index (χ3v) is 4.33. The van der Waals surface area contributed by atoms with Gasteiger partial charge < -0.3 is 11.1 Å². The second kappa shape index (κ2) is 6.38. The number of aromatic nitrogens is 2. The van der Waals surface area contributed by atoms with Crippen molar-refractivity contribution < 1.29 is 4.79 Å². The van der Waals surface area contributed by atoms with E-state index in [1.807, 2.05) is 12.1 Å². The molecule has 1 unspecified atom stereocenters. The highest BCUT2D eigenvalue weighted by atomic mass is 79.9. The largest absolute Gasteiger partial charge is 0.322 e. The summed E-state index contributed by atoms with van der Waals surface area (Å²) < 4.78 is 4.01. The molecule has 1 atom stereocenters. The van der Waals surface area contributed by atoms with Gasteiger partial charge in [-0.1, -0.05) is 15.9 Å². The Kier molecular flexibility index (Phi) is 5.00. The molecule has 1 heterocycles. The molecule has 1 aromatic carbocycles. The highest BCUT2D eigenvalue weighted by Crippen LogP contribution is 2.34. The van der Waals surface area contributed by atoms with Crippen molar-refractivity contribution in [2.45, 2.75) is 6.04 Å². The minimum atomic E-state index is -0.772. The summed E-state index contributed by atoms with van der Waals surface area (Å²) in [6.45, 7) is 0. The zero-order valence-electron chi connectivity index (χ0n) is 10.4. The smallest absolute Gasteiger partial charge is 0.246 e. The van der Waals surface area contributed by atoms with Crippen LogP contribution >= 0.6 is 47.8 Å². The van der Waals surface area contributed by atoms with Crippen LogP contribution in [-0.4, -0.2) is 15.7 Å². The number of aryl methyl sites for hydroxylation is 1. The van der Waals surface area contributed by atoms with Crippen molar-refractivity contribution in [1.29, 1.82) is 0 Å². The third kappa shape index (κ3) is 3.49. The summed E-state index contributed by atoms with van der Waals surface area (Å²) in [5, 5.41) is 6.80. The van der Waals surface area contributed by atoms with E-state index in [9.17, 15) is 4.79 Å². The van der Waals surface area contributed by atoms with Gasteiger partial charge in [0.2, 0.25) is 5.91 Å². The number of amides is 1. The molecule has 0 saturated carbocycles. The molecule has 0 radical (unpaired) electrons. The maximum absolute atomic E-state index is 12.2. The van der Waals surface area contributed by atoms with Crippen LogP contribution in [0, 0.1) is 0 Å². The number of benzene rings is 1. The molecule has 0 fully saturated rings. The second-order valence-electron chi connectivity index (χ2n) is 4.16. The first-order chi connectivity index (χ1) is 9.38. The van der Waals surface area contributed by atoms with Crippen molar-refractivity contribution in [1.82, 2.24) is 9.78 Å². The Morgan fingerprint density at radius 2 is 1.95 bits per heavy atom. The molecular formula is C12H11Br3N4O. The molecule has 0 aliphatic rings. The molecule has 5 nitrogen and oxygen atoms in total. The van der Waals surface area contributed by atoms with Gasteiger partial charge in [-0.2, -0.15) is 5.10 Å². The first-order valence-electron chi connectivity index (χ1n) is 5.58. The number of hydrogen-bond acceptors (Lipinski definition) is 3. The molecule has 8 heteroatoms. The molecule has 0 aliphatic carbocycles. The average Bonchev–Trinajstić information content (AvgIpc) is 2.79. The van der Waals surface area contributed by atoms with E-state index in [0.717, 1.165) is 13.4 Å². The molecule has 2 rings (SSSR count). The van der Waals surface area contributed by atoms with E-state index in [2.05, 4.69) is 58.2 Å². The molecule has 1 aromatic heterocycles. The molecule has 1 amide bonds. The summed E-state index contributed by atoms with van der Waals surface area (Å²) in [4.78, 5) is 12.2.